The highest BCUT2D eigenvalue weighted by atomic mass is 19.4. The summed E-state index contributed by atoms with van der Waals surface area (Å²) in [5, 5.41) is 0. The van der Waals surface area contributed by atoms with Gasteiger partial charge in [-0.05, 0) is 17.8 Å². The van der Waals surface area contributed by atoms with Crippen molar-refractivity contribution in [3.05, 3.63) is 24.3 Å². The molecule has 0 heterocycles. The van der Waals surface area contributed by atoms with E-state index in [1.807, 2.05) is 0 Å². The van der Waals surface area contributed by atoms with Crippen LogP contribution in [0.1, 0.15) is 48.5 Å². The molecular formula is C14H25F3. The molecule has 0 saturated carbocycles. The Hall–Kier alpha value is -0.730. The maximum atomic E-state index is 11.8. The molecule has 0 unspecified atom stereocenters. The number of halogens is 3. The van der Waals surface area contributed by atoms with E-state index in [1.54, 1.807) is 0 Å². The van der Waals surface area contributed by atoms with Crippen molar-refractivity contribution in [2.45, 2.75) is 54.6 Å². The van der Waals surface area contributed by atoms with Gasteiger partial charge in [0.15, 0.2) is 0 Å². The zero-order chi connectivity index (χ0) is 14.7. The third kappa shape index (κ3) is 9.02. The van der Waals surface area contributed by atoms with Gasteiger partial charge >= 0.3 is 6.18 Å². The minimum atomic E-state index is -4.25. The van der Waals surface area contributed by atoms with Crippen LogP contribution in [0.2, 0.25) is 0 Å². The summed E-state index contributed by atoms with van der Waals surface area (Å²) in [6.07, 6.45) is -4.25. The van der Waals surface area contributed by atoms with Crippen LogP contribution in [0.15, 0.2) is 24.3 Å². The van der Waals surface area contributed by atoms with Crippen LogP contribution >= 0.6 is 0 Å². The van der Waals surface area contributed by atoms with Crippen LogP contribution in [-0.2, 0) is 0 Å². The molecule has 0 aliphatic carbocycles. The lowest BCUT2D eigenvalue weighted by molar-refractivity contribution is -0.103. The number of allylic oxidation sites excluding steroid dienone is 2. The van der Waals surface area contributed by atoms with E-state index in [0.29, 0.717) is 5.41 Å². The van der Waals surface area contributed by atoms with E-state index in [-0.39, 0.29) is 0 Å². The predicted octanol–water partition coefficient (Wildman–Crippen LogP) is 5.76. The van der Waals surface area contributed by atoms with Crippen LogP contribution in [0.25, 0.3) is 0 Å². The van der Waals surface area contributed by atoms with Crippen molar-refractivity contribution in [3.63, 3.8) is 0 Å². The first-order valence-corrected chi connectivity index (χ1v) is 5.52. The number of hydrogen-bond acceptors (Lipinski definition) is 0. The van der Waals surface area contributed by atoms with Crippen LogP contribution in [0.4, 0.5) is 13.2 Å². The van der Waals surface area contributed by atoms with Crippen LogP contribution < -0.4 is 0 Å². The molecule has 0 bridgehead atoms. The lowest BCUT2D eigenvalue weighted by Gasteiger charge is -2.23. The molecule has 0 atom stereocenters. The Morgan fingerprint density at radius 1 is 0.765 bits per heavy atom. The van der Waals surface area contributed by atoms with E-state index >= 15 is 0 Å². The number of hydrogen-bond donors (Lipinski definition) is 0. The minimum absolute atomic E-state index is 0.306. The van der Waals surface area contributed by atoms with Crippen LogP contribution in [0.5, 0.6) is 0 Å². The summed E-state index contributed by atoms with van der Waals surface area (Å²) in [6.45, 7) is 19.8. The smallest absolute Gasteiger partial charge is 0.166 e. The van der Waals surface area contributed by atoms with Crippen molar-refractivity contribution in [1.29, 1.82) is 0 Å². The maximum absolute atomic E-state index is 11.8. The van der Waals surface area contributed by atoms with Crippen molar-refractivity contribution < 1.29 is 13.2 Å². The summed E-state index contributed by atoms with van der Waals surface area (Å²) in [6, 6.07) is 0. The second-order valence-corrected chi connectivity index (χ2v) is 6.26. The molecule has 0 aromatic carbocycles. The van der Waals surface area contributed by atoms with Gasteiger partial charge in [-0.15, -0.1) is 0 Å². The second-order valence-electron chi connectivity index (χ2n) is 6.26. The van der Waals surface area contributed by atoms with Gasteiger partial charge in [0, 0.05) is 5.57 Å². The molecule has 0 aromatic rings. The fourth-order valence-electron chi connectivity index (χ4n) is 0.425. The van der Waals surface area contributed by atoms with Gasteiger partial charge in [-0.3, -0.25) is 0 Å². The Labute approximate surface area is 104 Å². The van der Waals surface area contributed by atoms with Gasteiger partial charge in [0.05, 0.1) is 0 Å². The van der Waals surface area contributed by atoms with Gasteiger partial charge in [-0.2, -0.15) is 13.2 Å². The largest absolute Gasteiger partial charge is 0.412 e. The summed E-state index contributed by atoms with van der Waals surface area (Å²) >= 11 is 0. The van der Waals surface area contributed by atoms with Gasteiger partial charge in [-0.1, -0.05) is 60.3 Å². The van der Waals surface area contributed by atoms with Crippen molar-refractivity contribution in [2.75, 3.05) is 0 Å². The third-order valence-corrected chi connectivity index (χ3v) is 2.53. The van der Waals surface area contributed by atoms with E-state index in [2.05, 4.69) is 40.9 Å². The standard InChI is InChI=1S/C7H11F3.C7H14/c1-5(6(2,3)4)7(8,9)10;1-6(2)7(3,4)5/h1H2,2-4H3;1H2,2-5H3. The zero-order valence-corrected chi connectivity index (χ0v) is 12.0. The molecule has 0 saturated heterocycles. The lowest BCUT2D eigenvalue weighted by atomic mass is 9.87. The lowest BCUT2D eigenvalue weighted by Crippen LogP contribution is -2.22. The monoisotopic (exact) mass is 250 g/mol. The molecule has 102 valence electrons. The first-order chi connectivity index (χ1) is 7.10. The number of alkyl halides is 3. The molecule has 3 heteroatoms. The normalized spacial score (nSPS) is 12.6. The Bertz CT molecular complexity index is 253. The maximum Gasteiger partial charge on any atom is 0.412 e. The average molecular weight is 250 g/mol. The quantitative estimate of drug-likeness (QED) is 0.479. The number of rotatable bonds is 0. The van der Waals surface area contributed by atoms with Gasteiger partial charge in [-0.25, -0.2) is 0 Å². The summed E-state index contributed by atoms with van der Waals surface area (Å²) in [4.78, 5) is 0. The van der Waals surface area contributed by atoms with E-state index in [4.69, 9.17) is 0 Å². The highest BCUT2D eigenvalue weighted by Gasteiger charge is 2.38. The molecule has 0 amide bonds. The van der Waals surface area contributed by atoms with Gasteiger partial charge in [0.2, 0.25) is 0 Å². The summed E-state index contributed by atoms with van der Waals surface area (Å²) < 4.78 is 35.5. The van der Waals surface area contributed by atoms with E-state index in [9.17, 15) is 13.2 Å². The molecule has 0 spiro atoms. The summed E-state index contributed by atoms with van der Waals surface area (Å²) in [5.74, 6) is 0. The van der Waals surface area contributed by atoms with E-state index in [0.717, 1.165) is 0 Å². The van der Waals surface area contributed by atoms with Crippen molar-refractivity contribution in [1.82, 2.24) is 0 Å². The van der Waals surface area contributed by atoms with Crippen molar-refractivity contribution in [3.8, 4) is 0 Å². The molecule has 17 heavy (non-hydrogen) atoms. The highest BCUT2D eigenvalue weighted by molar-refractivity contribution is 5.11. The molecule has 0 fully saturated rings. The predicted molar refractivity (Wildman–Crippen MR) is 68.9 cm³/mol. The Kier molecular flexibility index (Phi) is 6.29. The Balaban J connectivity index is 0. The molecule has 0 aliphatic rings. The van der Waals surface area contributed by atoms with E-state index in [1.165, 1.54) is 26.3 Å². The van der Waals surface area contributed by atoms with Gasteiger partial charge in [0.1, 0.15) is 0 Å². The molecule has 0 rings (SSSR count). The average Bonchev–Trinajstić information content (AvgIpc) is 1.98. The molecular weight excluding hydrogens is 225 g/mol. The third-order valence-electron chi connectivity index (χ3n) is 2.53. The molecule has 0 aliphatic heterocycles. The van der Waals surface area contributed by atoms with Gasteiger partial charge in [0.25, 0.3) is 0 Å². The first kappa shape index (κ1) is 18.6. The first-order valence-electron chi connectivity index (χ1n) is 5.52. The fraction of sp³-hybridized carbons (Fsp3) is 0.714. The van der Waals surface area contributed by atoms with E-state index < -0.39 is 17.2 Å². The van der Waals surface area contributed by atoms with Crippen LogP contribution in [0.3, 0.4) is 0 Å². The van der Waals surface area contributed by atoms with Crippen molar-refractivity contribution >= 4 is 0 Å². The topological polar surface area (TPSA) is 0 Å². The fourth-order valence-corrected chi connectivity index (χ4v) is 0.425. The van der Waals surface area contributed by atoms with Crippen molar-refractivity contribution in [2.24, 2.45) is 10.8 Å². The summed E-state index contributed by atoms with van der Waals surface area (Å²) in [5.41, 5.74) is -0.00868. The Morgan fingerprint density at radius 2 is 1.00 bits per heavy atom. The SMILES string of the molecule is C=C(C(C)(C)C)C(F)(F)F.C=C(C)C(C)(C)C. The molecule has 0 aromatic heterocycles. The molecule has 0 radical (unpaired) electrons. The van der Waals surface area contributed by atoms with Crippen LogP contribution in [0, 0.1) is 10.8 Å². The Morgan fingerprint density at radius 3 is 1.00 bits per heavy atom. The minimum Gasteiger partial charge on any atom is -0.166 e. The summed E-state index contributed by atoms with van der Waals surface area (Å²) in [7, 11) is 0. The second kappa shape index (κ2) is 5.74. The zero-order valence-electron chi connectivity index (χ0n) is 12.0. The molecule has 0 nitrogen and oxygen atoms in total. The van der Waals surface area contributed by atoms with Crippen LogP contribution in [-0.4, -0.2) is 6.18 Å². The highest BCUT2D eigenvalue weighted by Crippen LogP contribution is 2.37. The van der Waals surface area contributed by atoms with Gasteiger partial charge < -0.3 is 0 Å². The molecule has 0 N–H and O–H groups in total.